The van der Waals surface area contributed by atoms with Crippen LogP contribution >= 0.6 is 11.6 Å². The molecule has 21 heteroatoms. The molecule has 0 unspecified atom stereocenters. The lowest BCUT2D eigenvalue weighted by molar-refractivity contribution is 0.106. The second kappa shape index (κ2) is 13.1. The van der Waals surface area contributed by atoms with Crippen molar-refractivity contribution in [2.45, 2.75) is 9.79 Å². The molecule has 1 heterocycles. The first-order valence-corrected chi connectivity index (χ1v) is 18.8. The van der Waals surface area contributed by atoms with Gasteiger partial charge in [-0.3, -0.25) is 23.9 Å². The van der Waals surface area contributed by atoms with Gasteiger partial charge in [0.05, 0.1) is 21.8 Å². The van der Waals surface area contributed by atoms with Crippen LogP contribution in [0.3, 0.4) is 0 Å². The maximum atomic E-state index is 14.1. The van der Waals surface area contributed by atoms with Crippen molar-refractivity contribution in [2.75, 3.05) is 22.7 Å². The Morgan fingerprint density at radius 2 is 1.47 bits per heavy atom. The summed E-state index contributed by atoms with van der Waals surface area (Å²) in [6.45, 7) is 0. The van der Waals surface area contributed by atoms with E-state index in [9.17, 15) is 43.7 Å². The highest BCUT2D eigenvalue weighted by molar-refractivity contribution is 7.91. The Hall–Kier alpha value is -5.35. The van der Waals surface area contributed by atoms with Crippen molar-refractivity contribution in [1.29, 1.82) is 0 Å². The summed E-state index contributed by atoms with van der Waals surface area (Å²) in [5.74, 6) is -1.53. The van der Waals surface area contributed by atoms with Gasteiger partial charge >= 0.3 is 0 Å². The number of allylic oxidation sites excluding steroid dienone is 1. The average Bonchev–Trinajstić information content (AvgIpc) is 3.05. The first-order chi connectivity index (χ1) is 23.9. The molecule has 0 fully saturated rings. The monoisotopic (exact) mass is 771 g/mol. The molecule has 6 rings (SSSR count). The fourth-order valence-corrected chi connectivity index (χ4v) is 7.36. The van der Waals surface area contributed by atoms with Crippen molar-refractivity contribution in [3.8, 4) is 0 Å². The van der Waals surface area contributed by atoms with E-state index in [1.165, 1.54) is 24.3 Å². The molecule has 0 radical (unpaired) electrons. The Morgan fingerprint density at radius 3 is 2.14 bits per heavy atom. The van der Waals surface area contributed by atoms with Crippen LogP contribution in [0.15, 0.2) is 98.7 Å². The molecule has 4 aromatic carbocycles. The topological polar surface area (TPSA) is 259 Å². The molecule has 5 aromatic rings. The summed E-state index contributed by atoms with van der Waals surface area (Å²) in [4.78, 5) is 25.4. The molecule has 0 saturated heterocycles. The highest BCUT2D eigenvalue weighted by Gasteiger charge is 2.36. The summed E-state index contributed by atoms with van der Waals surface area (Å²) in [6.07, 6.45) is 0.714. The largest absolute Gasteiger partial charge is 0.323 e. The van der Waals surface area contributed by atoms with Crippen molar-refractivity contribution in [2.24, 2.45) is 5.10 Å². The molecule has 1 aromatic heterocycles. The van der Waals surface area contributed by atoms with Crippen LogP contribution in [0.5, 0.6) is 0 Å². The minimum Gasteiger partial charge on any atom is -0.323 e. The maximum absolute atomic E-state index is 14.1. The summed E-state index contributed by atoms with van der Waals surface area (Å²) in [5, 5.41) is 6.65. The number of halogens is 1. The molecule has 0 aliphatic heterocycles. The number of nitrogens with one attached hydrogen (secondary N) is 2. The molecular weight excluding hydrogens is 750 g/mol. The third-order valence-electron chi connectivity index (χ3n) is 7.39. The second-order valence-corrected chi connectivity index (χ2v) is 15.2. The molecule has 1 aliphatic carbocycles. The van der Waals surface area contributed by atoms with E-state index in [0.717, 1.165) is 12.1 Å². The summed E-state index contributed by atoms with van der Waals surface area (Å²) < 4.78 is 104. The number of rotatable bonds is 9. The molecule has 0 amide bonds. The van der Waals surface area contributed by atoms with Gasteiger partial charge in [-0.15, -0.1) is 0 Å². The Bertz CT molecular complexity index is 2670. The first-order valence-electron chi connectivity index (χ1n) is 14.1. The van der Waals surface area contributed by atoms with Gasteiger partial charge in [-0.05, 0) is 59.0 Å². The Kier molecular flexibility index (Phi) is 9.10. The van der Waals surface area contributed by atoms with Gasteiger partial charge in [0, 0.05) is 18.1 Å². The van der Waals surface area contributed by atoms with Crippen molar-refractivity contribution >= 4 is 99.3 Å². The number of aromatic nitrogens is 3. The van der Waals surface area contributed by atoms with Gasteiger partial charge in [-0.25, -0.2) is 0 Å². The van der Waals surface area contributed by atoms with Gasteiger partial charge in [0.2, 0.25) is 23.0 Å². The van der Waals surface area contributed by atoms with E-state index in [-0.39, 0.29) is 33.9 Å². The lowest BCUT2D eigenvalue weighted by Gasteiger charge is -2.21. The van der Waals surface area contributed by atoms with E-state index in [2.05, 4.69) is 30.8 Å². The van der Waals surface area contributed by atoms with Crippen LogP contribution in [0.2, 0.25) is 5.28 Å². The van der Waals surface area contributed by atoms with Crippen LogP contribution < -0.4 is 15.6 Å². The van der Waals surface area contributed by atoms with E-state index in [4.69, 9.17) is 11.6 Å². The number of ketones is 1. The van der Waals surface area contributed by atoms with Gasteiger partial charge in [-0.2, -0.15) is 45.3 Å². The first kappa shape index (κ1) is 35.5. The van der Waals surface area contributed by atoms with Gasteiger partial charge in [0.25, 0.3) is 30.4 Å². The van der Waals surface area contributed by atoms with Crippen molar-refractivity contribution in [3.05, 3.63) is 100 Å². The van der Waals surface area contributed by atoms with Crippen LogP contribution in [-0.4, -0.2) is 72.4 Å². The van der Waals surface area contributed by atoms with Crippen molar-refractivity contribution < 1.29 is 43.7 Å². The molecule has 1 aliphatic rings. The molecule has 0 saturated carbocycles. The highest BCUT2D eigenvalue weighted by Crippen LogP contribution is 2.36. The van der Waals surface area contributed by atoms with Gasteiger partial charge < -0.3 is 10.2 Å². The Morgan fingerprint density at radius 1 is 0.784 bits per heavy atom. The van der Waals surface area contributed by atoms with E-state index in [1.807, 2.05) is 0 Å². The summed E-state index contributed by atoms with van der Waals surface area (Å²) >= 11 is 6.17. The zero-order valence-corrected chi connectivity index (χ0v) is 28.8. The minimum absolute atomic E-state index is 0.0138. The smallest absolute Gasteiger partial charge is 0.297 e. The lowest BCUT2D eigenvalue weighted by atomic mass is 9.93. The predicted molar refractivity (Wildman–Crippen MR) is 188 cm³/mol. The van der Waals surface area contributed by atoms with Crippen LogP contribution in [0.4, 0.5) is 29.0 Å². The fraction of sp³-hybridized carbons (Fsp3) is 0.0333. The zero-order chi connectivity index (χ0) is 36.9. The second-order valence-electron chi connectivity index (χ2n) is 10.7. The average molecular weight is 772 g/mol. The van der Waals surface area contributed by atoms with Gasteiger partial charge in [-0.1, -0.05) is 48.5 Å². The van der Waals surface area contributed by atoms with Crippen LogP contribution in [0, 0.1) is 0 Å². The SMILES string of the molecule is CN(c1ccccc1)c1nc(Cl)nc(Nc2cc(S(=O)(=O)O)cc3c2C(=O)C(=NNc2ccc4ccccc4c2S(=O)(=O)O)C(S(=O)(=O)O)=C3)n1. The van der Waals surface area contributed by atoms with Crippen molar-refractivity contribution in [3.63, 3.8) is 0 Å². The molecule has 5 N–H and O–H groups in total. The molecule has 0 atom stereocenters. The third-order valence-corrected chi connectivity index (χ3v) is 10.2. The number of anilines is 5. The molecule has 51 heavy (non-hydrogen) atoms. The number of hydrogen-bond donors (Lipinski definition) is 5. The normalized spacial score (nSPS) is 14.3. The fourth-order valence-electron chi connectivity index (χ4n) is 5.15. The summed E-state index contributed by atoms with van der Waals surface area (Å²) in [7, 11) is -13.6. The standard InChI is InChI=1S/C30H22ClN7O10S3/c1-38(18-8-3-2-4-9-18)30-34-28(31)33-29(35-30)32-22-15-19(49(40,41)42)13-17-14-23(50(43,44)45)25(26(39)24(17)22)37-36-21-12-11-16-7-5-6-10-20(16)27(21)51(46,47)48/h2-15,36H,1H3,(H,40,41,42)(H,43,44,45)(H,46,47,48)(H,32,33,34,35). The summed E-state index contributed by atoms with van der Waals surface area (Å²) in [6, 6.07) is 19.2. The molecule has 262 valence electrons. The van der Waals surface area contributed by atoms with E-state index in [1.54, 1.807) is 54.4 Å². The third kappa shape index (κ3) is 7.28. The number of carbonyl (C=O) groups excluding carboxylic acids is 1. The van der Waals surface area contributed by atoms with Crippen LogP contribution in [-0.2, 0) is 30.4 Å². The number of carbonyl (C=O) groups is 1. The molecular formula is C30H22ClN7O10S3. The van der Waals surface area contributed by atoms with Gasteiger partial charge in [0.1, 0.15) is 9.80 Å². The van der Waals surface area contributed by atoms with E-state index < -0.39 is 67.7 Å². The molecule has 0 spiro atoms. The number of hydrazone groups is 1. The lowest BCUT2D eigenvalue weighted by Crippen LogP contribution is -2.28. The number of fused-ring (bicyclic) bond motifs is 2. The molecule has 17 nitrogen and oxygen atoms in total. The number of para-hydroxylation sites is 1. The number of hydrogen-bond acceptors (Lipinski definition) is 14. The number of Topliss-reactive ketones (excluding diaryl/α,β-unsaturated/α-hetero) is 1. The Labute approximate surface area is 294 Å². The number of benzene rings is 4. The van der Waals surface area contributed by atoms with E-state index >= 15 is 0 Å². The van der Waals surface area contributed by atoms with Crippen LogP contribution in [0.25, 0.3) is 16.8 Å². The Balaban J connectivity index is 1.51. The van der Waals surface area contributed by atoms with Crippen LogP contribution in [0.1, 0.15) is 15.9 Å². The maximum Gasteiger partial charge on any atom is 0.297 e. The predicted octanol–water partition coefficient (Wildman–Crippen LogP) is 4.58. The quantitative estimate of drug-likeness (QED) is 0.101. The highest BCUT2D eigenvalue weighted by atomic mass is 35.5. The minimum atomic E-state index is -5.28. The number of nitrogens with zero attached hydrogens (tertiary/aromatic N) is 5. The zero-order valence-electron chi connectivity index (χ0n) is 25.6. The molecule has 0 bridgehead atoms. The summed E-state index contributed by atoms with van der Waals surface area (Å²) in [5.41, 5.74) is 0.371. The van der Waals surface area contributed by atoms with E-state index in [0.29, 0.717) is 17.1 Å². The van der Waals surface area contributed by atoms with Gasteiger partial charge in [0.15, 0.2) is 5.71 Å². The van der Waals surface area contributed by atoms with Crippen molar-refractivity contribution in [1.82, 2.24) is 15.0 Å².